The number of pyridine rings is 1. The molecular weight excluding hydrogens is 176 g/mol. The summed E-state index contributed by atoms with van der Waals surface area (Å²) in [4.78, 5) is 17.6. The molecule has 0 aromatic carbocycles. The predicted molar refractivity (Wildman–Crippen MR) is 53.9 cm³/mol. The van der Waals surface area contributed by atoms with Gasteiger partial charge in [0, 0.05) is 25.5 Å². The number of rotatable bonds is 1. The maximum absolute atomic E-state index is 11.8. The van der Waals surface area contributed by atoms with Crippen molar-refractivity contribution in [1.29, 1.82) is 0 Å². The maximum Gasteiger partial charge on any atom is 0.255 e. The minimum Gasteiger partial charge on any atom is -0.337 e. The number of carbonyl (C=O) groups is 1. The molecule has 0 atom stereocenters. The fourth-order valence-electron chi connectivity index (χ4n) is 1.80. The zero-order valence-electron chi connectivity index (χ0n) is 8.53. The SMILES string of the molecule is CC1(C)CN(C(=O)c2cccnc2)C1. The van der Waals surface area contributed by atoms with E-state index < -0.39 is 0 Å². The second-order valence-corrected chi connectivity index (χ2v) is 4.57. The molecule has 2 heterocycles. The molecule has 1 saturated heterocycles. The van der Waals surface area contributed by atoms with Crippen molar-refractivity contribution in [2.75, 3.05) is 13.1 Å². The molecule has 0 radical (unpaired) electrons. The fraction of sp³-hybridized carbons (Fsp3) is 0.455. The monoisotopic (exact) mass is 190 g/mol. The summed E-state index contributed by atoms with van der Waals surface area (Å²) in [6, 6.07) is 3.60. The van der Waals surface area contributed by atoms with Crippen LogP contribution in [0, 0.1) is 5.41 Å². The van der Waals surface area contributed by atoms with Gasteiger partial charge >= 0.3 is 0 Å². The number of amides is 1. The predicted octanol–water partition coefficient (Wildman–Crippen LogP) is 1.56. The molecule has 1 fully saturated rings. The maximum atomic E-state index is 11.8. The first-order chi connectivity index (χ1) is 6.58. The van der Waals surface area contributed by atoms with Crippen LogP contribution in [-0.2, 0) is 0 Å². The molecule has 0 bridgehead atoms. The van der Waals surface area contributed by atoms with Crippen LogP contribution in [0.25, 0.3) is 0 Å². The molecule has 3 nitrogen and oxygen atoms in total. The Morgan fingerprint density at radius 2 is 2.21 bits per heavy atom. The first kappa shape index (κ1) is 9.19. The molecule has 1 amide bonds. The average molecular weight is 190 g/mol. The van der Waals surface area contributed by atoms with Gasteiger partial charge in [-0.3, -0.25) is 9.78 Å². The average Bonchev–Trinajstić information content (AvgIpc) is 2.14. The number of hydrogen-bond acceptors (Lipinski definition) is 2. The van der Waals surface area contributed by atoms with Gasteiger partial charge in [-0.2, -0.15) is 0 Å². The van der Waals surface area contributed by atoms with E-state index in [0.717, 1.165) is 13.1 Å². The Bertz CT molecular complexity index is 338. The minimum atomic E-state index is 0.0948. The molecule has 3 heteroatoms. The van der Waals surface area contributed by atoms with Gasteiger partial charge in [0.2, 0.25) is 0 Å². The van der Waals surface area contributed by atoms with Crippen molar-refractivity contribution < 1.29 is 4.79 Å². The van der Waals surface area contributed by atoms with Gasteiger partial charge in [0.05, 0.1) is 5.56 Å². The summed E-state index contributed by atoms with van der Waals surface area (Å²) < 4.78 is 0. The number of nitrogens with zero attached hydrogens (tertiary/aromatic N) is 2. The van der Waals surface area contributed by atoms with Gasteiger partial charge in [-0.05, 0) is 17.5 Å². The molecule has 1 aliphatic heterocycles. The van der Waals surface area contributed by atoms with Crippen molar-refractivity contribution in [3.8, 4) is 0 Å². The van der Waals surface area contributed by atoms with Crippen LogP contribution in [0.4, 0.5) is 0 Å². The zero-order valence-corrected chi connectivity index (χ0v) is 8.53. The lowest BCUT2D eigenvalue weighted by molar-refractivity contribution is 0.0236. The quantitative estimate of drug-likeness (QED) is 0.673. The van der Waals surface area contributed by atoms with Gasteiger partial charge < -0.3 is 4.90 Å². The largest absolute Gasteiger partial charge is 0.337 e. The van der Waals surface area contributed by atoms with E-state index in [1.165, 1.54) is 0 Å². The van der Waals surface area contributed by atoms with E-state index >= 15 is 0 Å². The lowest BCUT2D eigenvalue weighted by Crippen LogP contribution is -2.55. The van der Waals surface area contributed by atoms with Crippen LogP contribution < -0.4 is 0 Å². The molecule has 0 unspecified atom stereocenters. The summed E-state index contributed by atoms with van der Waals surface area (Å²) in [6.45, 7) is 6.03. The van der Waals surface area contributed by atoms with Crippen molar-refractivity contribution in [2.45, 2.75) is 13.8 Å². The summed E-state index contributed by atoms with van der Waals surface area (Å²) in [6.07, 6.45) is 3.30. The first-order valence-corrected chi connectivity index (χ1v) is 4.78. The van der Waals surface area contributed by atoms with Crippen molar-refractivity contribution >= 4 is 5.91 Å². The van der Waals surface area contributed by atoms with Crippen LogP contribution in [0.1, 0.15) is 24.2 Å². The van der Waals surface area contributed by atoms with Crippen molar-refractivity contribution in [3.63, 3.8) is 0 Å². The lowest BCUT2D eigenvalue weighted by Gasteiger charge is -2.45. The zero-order chi connectivity index (χ0) is 10.2. The highest BCUT2D eigenvalue weighted by Crippen LogP contribution is 2.29. The highest BCUT2D eigenvalue weighted by atomic mass is 16.2. The first-order valence-electron chi connectivity index (χ1n) is 4.78. The van der Waals surface area contributed by atoms with E-state index in [-0.39, 0.29) is 11.3 Å². The third-order valence-electron chi connectivity index (χ3n) is 2.43. The summed E-state index contributed by atoms with van der Waals surface area (Å²) in [5.41, 5.74) is 0.973. The van der Waals surface area contributed by atoms with E-state index in [1.807, 2.05) is 4.90 Å². The molecule has 0 aliphatic carbocycles. The van der Waals surface area contributed by atoms with E-state index in [1.54, 1.807) is 24.5 Å². The molecule has 1 aromatic rings. The fourth-order valence-corrected chi connectivity index (χ4v) is 1.80. The Morgan fingerprint density at radius 1 is 1.50 bits per heavy atom. The van der Waals surface area contributed by atoms with E-state index in [4.69, 9.17) is 0 Å². The summed E-state index contributed by atoms with van der Waals surface area (Å²) in [7, 11) is 0. The molecular formula is C11H14N2O. The topological polar surface area (TPSA) is 33.2 Å². The molecule has 14 heavy (non-hydrogen) atoms. The normalized spacial score (nSPS) is 18.9. The van der Waals surface area contributed by atoms with Crippen molar-refractivity contribution in [2.24, 2.45) is 5.41 Å². The third-order valence-corrected chi connectivity index (χ3v) is 2.43. The number of carbonyl (C=O) groups excluding carboxylic acids is 1. The van der Waals surface area contributed by atoms with E-state index in [0.29, 0.717) is 5.56 Å². The number of hydrogen-bond donors (Lipinski definition) is 0. The Kier molecular flexibility index (Phi) is 2.02. The Hall–Kier alpha value is -1.38. The van der Waals surface area contributed by atoms with Crippen LogP contribution in [0.15, 0.2) is 24.5 Å². The third kappa shape index (κ3) is 1.62. The molecule has 2 rings (SSSR count). The minimum absolute atomic E-state index is 0.0948. The highest BCUT2D eigenvalue weighted by Gasteiger charge is 2.37. The summed E-state index contributed by atoms with van der Waals surface area (Å²) in [5.74, 6) is 0.0948. The van der Waals surface area contributed by atoms with Gasteiger partial charge in [0.1, 0.15) is 0 Å². The van der Waals surface area contributed by atoms with E-state index in [2.05, 4.69) is 18.8 Å². The van der Waals surface area contributed by atoms with Crippen molar-refractivity contribution in [3.05, 3.63) is 30.1 Å². The van der Waals surface area contributed by atoms with Gasteiger partial charge in [-0.15, -0.1) is 0 Å². The second-order valence-electron chi connectivity index (χ2n) is 4.57. The van der Waals surface area contributed by atoms with Crippen LogP contribution in [0.3, 0.4) is 0 Å². The molecule has 0 N–H and O–H groups in total. The Labute approximate surface area is 83.8 Å². The molecule has 0 saturated carbocycles. The molecule has 0 spiro atoms. The highest BCUT2D eigenvalue weighted by molar-refractivity contribution is 5.94. The van der Waals surface area contributed by atoms with Gasteiger partial charge in [-0.25, -0.2) is 0 Å². The Morgan fingerprint density at radius 3 is 2.71 bits per heavy atom. The standard InChI is InChI=1S/C11H14N2O/c1-11(2)7-13(8-11)10(14)9-4-3-5-12-6-9/h3-6H,7-8H2,1-2H3. The summed E-state index contributed by atoms with van der Waals surface area (Å²) in [5, 5.41) is 0. The number of likely N-dealkylation sites (tertiary alicyclic amines) is 1. The number of aromatic nitrogens is 1. The van der Waals surface area contributed by atoms with Crippen LogP contribution in [-0.4, -0.2) is 28.9 Å². The molecule has 1 aromatic heterocycles. The lowest BCUT2D eigenvalue weighted by atomic mass is 9.84. The van der Waals surface area contributed by atoms with Gasteiger partial charge in [0.15, 0.2) is 0 Å². The molecule has 74 valence electrons. The molecule has 1 aliphatic rings. The Balaban J connectivity index is 2.05. The van der Waals surface area contributed by atoms with Crippen LogP contribution in [0.2, 0.25) is 0 Å². The summed E-state index contributed by atoms with van der Waals surface area (Å²) >= 11 is 0. The van der Waals surface area contributed by atoms with Crippen molar-refractivity contribution in [1.82, 2.24) is 9.88 Å². The van der Waals surface area contributed by atoms with Crippen LogP contribution in [0.5, 0.6) is 0 Å². The van der Waals surface area contributed by atoms with Crippen LogP contribution >= 0.6 is 0 Å². The van der Waals surface area contributed by atoms with E-state index in [9.17, 15) is 4.79 Å². The van der Waals surface area contributed by atoms with Gasteiger partial charge in [0.25, 0.3) is 5.91 Å². The second kappa shape index (κ2) is 3.08. The van der Waals surface area contributed by atoms with Gasteiger partial charge in [-0.1, -0.05) is 13.8 Å². The smallest absolute Gasteiger partial charge is 0.255 e.